The van der Waals surface area contributed by atoms with Crippen LogP contribution >= 0.6 is 0 Å². The minimum absolute atomic E-state index is 0.101. The topological polar surface area (TPSA) is 125 Å². The van der Waals surface area contributed by atoms with Crippen molar-refractivity contribution in [3.8, 4) is 5.75 Å². The number of ether oxygens (including phenoxy) is 1. The van der Waals surface area contributed by atoms with Gasteiger partial charge >= 0.3 is 5.69 Å². The number of amides is 1. The normalized spacial score (nSPS) is 10.4. The largest absolute Gasteiger partial charge is 0.492 e. The molecule has 0 spiro atoms. The molecule has 0 aliphatic rings. The molecule has 0 saturated carbocycles. The quantitative estimate of drug-likeness (QED) is 0.609. The Morgan fingerprint density at radius 2 is 2.09 bits per heavy atom. The molecule has 0 radical (unpaired) electrons. The Bertz CT molecular complexity index is 724. The molecule has 0 aliphatic heterocycles. The van der Waals surface area contributed by atoms with Crippen molar-refractivity contribution in [1.82, 2.24) is 9.78 Å². The number of carbonyl (C=O) groups excluding carboxylic acids is 1. The maximum absolute atomic E-state index is 12.3. The van der Waals surface area contributed by atoms with Crippen molar-refractivity contribution >= 4 is 17.3 Å². The van der Waals surface area contributed by atoms with Crippen molar-refractivity contribution in [2.24, 2.45) is 12.8 Å². The molecule has 1 aromatic carbocycles. The predicted octanol–water partition coefficient (Wildman–Crippen LogP) is 1.23. The van der Waals surface area contributed by atoms with Gasteiger partial charge in [0.25, 0.3) is 5.91 Å². The fourth-order valence-electron chi connectivity index (χ4n) is 2.12. The van der Waals surface area contributed by atoms with E-state index >= 15 is 0 Å². The minimum Gasteiger partial charge on any atom is -0.492 e. The molecule has 9 heteroatoms. The summed E-state index contributed by atoms with van der Waals surface area (Å²) < 4.78 is 6.53. The average molecular weight is 319 g/mol. The first kappa shape index (κ1) is 16.4. The highest BCUT2D eigenvalue weighted by molar-refractivity contribution is 6.06. The maximum Gasteiger partial charge on any atom is 0.322 e. The summed E-state index contributed by atoms with van der Waals surface area (Å²) in [6.07, 6.45) is 0. The van der Waals surface area contributed by atoms with Gasteiger partial charge in [-0.2, -0.15) is 5.10 Å². The molecule has 9 nitrogen and oxygen atoms in total. The van der Waals surface area contributed by atoms with Gasteiger partial charge in [-0.15, -0.1) is 0 Å². The summed E-state index contributed by atoms with van der Waals surface area (Å²) in [6.45, 7) is 2.28. The Balaban J connectivity index is 2.18. The fraction of sp³-hybridized carbons (Fsp3) is 0.286. The maximum atomic E-state index is 12.3. The van der Waals surface area contributed by atoms with E-state index in [0.29, 0.717) is 24.6 Å². The number of benzene rings is 1. The number of rotatable bonds is 6. The zero-order valence-corrected chi connectivity index (χ0v) is 12.8. The lowest BCUT2D eigenvalue weighted by atomic mass is 10.2. The molecular weight excluding hydrogens is 302 g/mol. The standard InChI is InChI=1S/C14H17N5O4/c1-9-12(19(21)22)13(18(2)17-9)14(20)16-10-3-5-11(6-4-10)23-8-7-15/h3-6H,7-8,15H2,1-2H3,(H,16,20). The summed E-state index contributed by atoms with van der Waals surface area (Å²) in [5, 5.41) is 17.6. The van der Waals surface area contributed by atoms with Crippen molar-refractivity contribution in [3.05, 3.63) is 45.8 Å². The summed E-state index contributed by atoms with van der Waals surface area (Å²) in [6, 6.07) is 6.62. The zero-order chi connectivity index (χ0) is 17.0. The molecule has 23 heavy (non-hydrogen) atoms. The van der Waals surface area contributed by atoms with E-state index in [-0.39, 0.29) is 17.1 Å². The van der Waals surface area contributed by atoms with Gasteiger partial charge in [-0.1, -0.05) is 0 Å². The van der Waals surface area contributed by atoms with Crippen LogP contribution in [0.25, 0.3) is 0 Å². The van der Waals surface area contributed by atoms with E-state index in [0.717, 1.165) is 0 Å². The molecular formula is C14H17N5O4. The van der Waals surface area contributed by atoms with Crippen LogP contribution in [0.2, 0.25) is 0 Å². The molecule has 0 atom stereocenters. The third-order valence-electron chi connectivity index (χ3n) is 3.09. The SMILES string of the molecule is Cc1nn(C)c(C(=O)Nc2ccc(OCCN)cc2)c1[N+](=O)[O-]. The van der Waals surface area contributed by atoms with Crippen LogP contribution in [0.3, 0.4) is 0 Å². The Morgan fingerprint density at radius 3 is 2.65 bits per heavy atom. The van der Waals surface area contributed by atoms with Crippen LogP contribution < -0.4 is 15.8 Å². The number of aromatic nitrogens is 2. The highest BCUT2D eigenvalue weighted by Gasteiger charge is 2.29. The number of hydrogen-bond acceptors (Lipinski definition) is 6. The van der Waals surface area contributed by atoms with E-state index in [2.05, 4.69) is 10.4 Å². The Labute approximate surface area is 132 Å². The first-order valence-corrected chi connectivity index (χ1v) is 6.86. The van der Waals surface area contributed by atoms with Gasteiger partial charge in [0.1, 0.15) is 18.1 Å². The Kier molecular flexibility index (Phi) is 4.91. The second-order valence-electron chi connectivity index (χ2n) is 4.78. The van der Waals surface area contributed by atoms with Crippen molar-refractivity contribution in [1.29, 1.82) is 0 Å². The van der Waals surface area contributed by atoms with E-state index in [1.165, 1.54) is 18.7 Å². The monoisotopic (exact) mass is 319 g/mol. The number of carbonyl (C=O) groups is 1. The molecule has 0 unspecified atom stereocenters. The average Bonchev–Trinajstić information content (AvgIpc) is 2.81. The van der Waals surface area contributed by atoms with E-state index in [4.69, 9.17) is 10.5 Å². The van der Waals surface area contributed by atoms with E-state index in [1.54, 1.807) is 24.3 Å². The zero-order valence-electron chi connectivity index (χ0n) is 12.8. The van der Waals surface area contributed by atoms with Gasteiger partial charge in [0.05, 0.1) is 4.92 Å². The van der Waals surface area contributed by atoms with Crippen LogP contribution in [0.1, 0.15) is 16.2 Å². The smallest absolute Gasteiger partial charge is 0.322 e. The summed E-state index contributed by atoms with van der Waals surface area (Å²) in [5.74, 6) is 0.0197. The van der Waals surface area contributed by atoms with E-state index in [1.807, 2.05) is 0 Å². The summed E-state index contributed by atoms with van der Waals surface area (Å²) in [4.78, 5) is 22.8. The van der Waals surface area contributed by atoms with Crippen molar-refractivity contribution in [2.75, 3.05) is 18.5 Å². The summed E-state index contributed by atoms with van der Waals surface area (Å²) in [5.41, 5.74) is 5.62. The van der Waals surface area contributed by atoms with E-state index in [9.17, 15) is 14.9 Å². The van der Waals surface area contributed by atoms with Gasteiger partial charge in [0.2, 0.25) is 5.69 Å². The lowest BCUT2D eigenvalue weighted by Crippen LogP contribution is -2.17. The van der Waals surface area contributed by atoms with Gasteiger partial charge in [-0.05, 0) is 31.2 Å². The third kappa shape index (κ3) is 3.64. The number of nitrogens with zero attached hydrogens (tertiary/aromatic N) is 3. The predicted molar refractivity (Wildman–Crippen MR) is 83.5 cm³/mol. The number of anilines is 1. The van der Waals surface area contributed by atoms with Crippen molar-refractivity contribution in [3.63, 3.8) is 0 Å². The van der Waals surface area contributed by atoms with Gasteiger partial charge in [-0.3, -0.25) is 19.6 Å². The van der Waals surface area contributed by atoms with Crippen molar-refractivity contribution in [2.45, 2.75) is 6.92 Å². The second kappa shape index (κ2) is 6.88. The molecule has 0 saturated heterocycles. The van der Waals surface area contributed by atoms with Crippen LogP contribution in [0, 0.1) is 17.0 Å². The first-order chi connectivity index (χ1) is 10.9. The number of nitrogens with two attached hydrogens (primary N) is 1. The number of nitrogens with one attached hydrogen (secondary N) is 1. The molecule has 122 valence electrons. The molecule has 1 heterocycles. The summed E-state index contributed by atoms with van der Waals surface area (Å²) in [7, 11) is 1.48. The number of hydrogen-bond donors (Lipinski definition) is 2. The highest BCUT2D eigenvalue weighted by Crippen LogP contribution is 2.24. The number of nitro groups is 1. The van der Waals surface area contributed by atoms with Crippen LogP contribution in [0.5, 0.6) is 5.75 Å². The van der Waals surface area contributed by atoms with E-state index < -0.39 is 10.8 Å². The lowest BCUT2D eigenvalue weighted by Gasteiger charge is -2.07. The highest BCUT2D eigenvalue weighted by atomic mass is 16.6. The molecule has 2 rings (SSSR count). The van der Waals surface area contributed by atoms with Gasteiger partial charge in [-0.25, -0.2) is 0 Å². The Morgan fingerprint density at radius 1 is 1.43 bits per heavy atom. The van der Waals surface area contributed by atoms with Gasteiger partial charge < -0.3 is 15.8 Å². The lowest BCUT2D eigenvalue weighted by molar-refractivity contribution is -0.385. The molecule has 1 amide bonds. The Hall–Kier alpha value is -2.94. The molecule has 0 fully saturated rings. The fourth-order valence-corrected chi connectivity index (χ4v) is 2.12. The molecule has 2 aromatic rings. The molecule has 3 N–H and O–H groups in total. The van der Waals surface area contributed by atoms with Crippen molar-refractivity contribution < 1.29 is 14.5 Å². The van der Waals surface area contributed by atoms with Crippen LogP contribution in [0.4, 0.5) is 11.4 Å². The second-order valence-corrected chi connectivity index (χ2v) is 4.78. The van der Waals surface area contributed by atoms with Gasteiger partial charge in [0.15, 0.2) is 0 Å². The molecule has 1 aromatic heterocycles. The van der Waals surface area contributed by atoms with Gasteiger partial charge in [0, 0.05) is 19.3 Å². The number of aryl methyl sites for hydroxylation is 2. The molecule has 0 aliphatic carbocycles. The third-order valence-corrected chi connectivity index (χ3v) is 3.09. The first-order valence-electron chi connectivity index (χ1n) is 6.86. The summed E-state index contributed by atoms with van der Waals surface area (Å²) >= 11 is 0. The minimum atomic E-state index is -0.610. The molecule has 0 bridgehead atoms. The van der Waals surface area contributed by atoms with Crippen LogP contribution in [-0.4, -0.2) is 33.8 Å². The van der Waals surface area contributed by atoms with Crippen LogP contribution in [0.15, 0.2) is 24.3 Å². The van der Waals surface area contributed by atoms with Crippen LogP contribution in [-0.2, 0) is 7.05 Å².